The van der Waals surface area contributed by atoms with Gasteiger partial charge >= 0.3 is 0 Å². The zero-order chi connectivity index (χ0) is 12.4. The summed E-state index contributed by atoms with van der Waals surface area (Å²) in [5, 5.41) is 4.25. The summed E-state index contributed by atoms with van der Waals surface area (Å²) >= 11 is 6.18. The molecule has 0 radical (unpaired) electrons. The van der Waals surface area contributed by atoms with Gasteiger partial charge in [-0.2, -0.15) is 0 Å². The molecule has 1 fully saturated rings. The van der Waals surface area contributed by atoms with Crippen LogP contribution in [0.15, 0.2) is 17.7 Å². The lowest BCUT2D eigenvalue weighted by Gasteiger charge is -2.08. The van der Waals surface area contributed by atoms with Gasteiger partial charge in [0.1, 0.15) is 5.75 Å². The molecule has 2 nitrogen and oxygen atoms in total. The van der Waals surface area contributed by atoms with E-state index >= 15 is 0 Å². The first-order valence-electron chi connectivity index (χ1n) is 6.68. The number of hydrogen-bond donors (Lipinski definition) is 1. The van der Waals surface area contributed by atoms with E-state index in [0.717, 1.165) is 48.9 Å². The van der Waals surface area contributed by atoms with Crippen LogP contribution in [0.4, 0.5) is 0 Å². The molecule has 2 aliphatic rings. The molecule has 18 heavy (non-hydrogen) atoms. The van der Waals surface area contributed by atoms with E-state index in [0.29, 0.717) is 0 Å². The predicted molar refractivity (Wildman–Crippen MR) is 75.3 cm³/mol. The van der Waals surface area contributed by atoms with Gasteiger partial charge in [0.15, 0.2) is 0 Å². The van der Waals surface area contributed by atoms with Crippen molar-refractivity contribution in [1.82, 2.24) is 5.32 Å². The van der Waals surface area contributed by atoms with Crippen molar-refractivity contribution in [3.05, 3.63) is 33.9 Å². The first-order valence-corrected chi connectivity index (χ1v) is 7.06. The standard InChI is InChI=1S/C15H18ClNO/c16-14-9-12-4-7-18-15(12)13(10-14)8-11-2-1-5-17-6-3-11/h8-10,17H,1-7H2/b11-8-. The second-order valence-electron chi connectivity index (χ2n) is 4.99. The Morgan fingerprint density at radius 3 is 3.06 bits per heavy atom. The molecule has 0 aliphatic carbocycles. The van der Waals surface area contributed by atoms with E-state index in [-0.39, 0.29) is 0 Å². The van der Waals surface area contributed by atoms with E-state index in [2.05, 4.69) is 11.4 Å². The zero-order valence-corrected chi connectivity index (χ0v) is 11.2. The molecule has 2 aliphatic heterocycles. The number of halogens is 1. The highest BCUT2D eigenvalue weighted by molar-refractivity contribution is 6.30. The molecule has 0 unspecified atom stereocenters. The number of ether oxygens (including phenoxy) is 1. The van der Waals surface area contributed by atoms with E-state index in [1.54, 1.807) is 0 Å². The van der Waals surface area contributed by atoms with Gasteiger partial charge in [-0.15, -0.1) is 0 Å². The van der Waals surface area contributed by atoms with Crippen molar-refractivity contribution >= 4 is 17.7 Å². The molecule has 0 aromatic heterocycles. The number of rotatable bonds is 1. The fraction of sp³-hybridized carbons (Fsp3) is 0.467. The van der Waals surface area contributed by atoms with Crippen molar-refractivity contribution < 1.29 is 4.74 Å². The summed E-state index contributed by atoms with van der Waals surface area (Å²) < 4.78 is 5.74. The van der Waals surface area contributed by atoms with Crippen molar-refractivity contribution in [2.24, 2.45) is 0 Å². The molecule has 3 rings (SSSR count). The van der Waals surface area contributed by atoms with Crippen LogP contribution in [0.3, 0.4) is 0 Å². The van der Waals surface area contributed by atoms with Crippen molar-refractivity contribution in [3.63, 3.8) is 0 Å². The molecule has 96 valence electrons. The Bertz CT molecular complexity index is 472. The number of hydrogen-bond acceptors (Lipinski definition) is 2. The predicted octanol–water partition coefficient (Wildman–Crippen LogP) is 3.43. The first kappa shape index (κ1) is 12.1. The smallest absolute Gasteiger partial charge is 0.129 e. The zero-order valence-electron chi connectivity index (χ0n) is 10.5. The summed E-state index contributed by atoms with van der Waals surface area (Å²) in [5.41, 5.74) is 3.91. The van der Waals surface area contributed by atoms with E-state index in [1.807, 2.05) is 12.1 Å². The van der Waals surface area contributed by atoms with E-state index in [9.17, 15) is 0 Å². The van der Waals surface area contributed by atoms with Gasteiger partial charge in [-0.05, 0) is 50.0 Å². The molecule has 0 amide bonds. The van der Waals surface area contributed by atoms with Crippen LogP contribution in [0.25, 0.3) is 6.08 Å². The highest BCUT2D eigenvalue weighted by Crippen LogP contribution is 2.34. The Hall–Kier alpha value is -0.990. The van der Waals surface area contributed by atoms with E-state index in [1.165, 1.54) is 24.0 Å². The SMILES string of the molecule is Clc1cc(/C=C2/CCCNCC2)c2c(c1)CCO2. The van der Waals surface area contributed by atoms with Crippen molar-refractivity contribution in [1.29, 1.82) is 0 Å². The van der Waals surface area contributed by atoms with Crippen LogP contribution in [0.2, 0.25) is 5.02 Å². The lowest BCUT2D eigenvalue weighted by molar-refractivity contribution is 0.356. The van der Waals surface area contributed by atoms with E-state index in [4.69, 9.17) is 16.3 Å². The summed E-state index contributed by atoms with van der Waals surface area (Å²) in [6, 6.07) is 4.05. The quantitative estimate of drug-likeness (QED) is 0.838. The highest BCUT2D eigenvalue weighted by Gasteiger charge is 2.17. The number of nitrogens with one attached hydrogen (secondary N) is 1. The number of benzene rings is 1. The van der Waals surface area contributed by atoms with Crippen LogP contribution < -0.4 is 10.1 Å². The van der Waals surface area contributed by atoms with Gasteiger partial charge in [0.05, 0.1) is 6.61 Å². The van der Waals surface area contributed by atoms with E-state index < -0.39 is 0 Å². The molecule has 1 aromatic rings. The second-order valence-corrected chi connectivity index (χ2v) is 5.42. The topological polar surface area (TPSA) is 21.3 Å². The summed E-state index contributed by atoms with van der Waals surface area (Å²) in [4.78, 5) is 0. The van der Waals surface area contributed by atoms with Crippen LogP contribution in [-0.2, 0) is 6.42 Å². The Labute approximate surface area is 113 Å². The van der Waals surface area contributed by atoms with Gasteiger partial charge in [-0.1, -0.05) is 23.3 Å². The first-order chi connectivity index (χ1) is 8.83. The maximum absolute atomic E-state index is 6.18. The molecule has 3 heteroatoms. The maximum atomic E-state index is 6.18. The van der Waals surface area contributed by atoms with Crippen LogP contribution in [0, 0.1) is 0 Å². The highest BCUT2D eigenvalue weighted by atomic mass is 35.5. The van der Waals surface area contributed by atoms with Gasteiger partial charge in [0.25, 0.3) is 0 Å². The van der Waals surface area contributed by atoms with Crippen LogP contribution in [0.5, 0.6) is 5.75 Å². The average Bonchev–Trinajstić information content (AvgIpc) is 2.66. The molecule has 0 spiro atoms. The molecular weight excluding hydrogens is 246 g/mol. The lowest BCUT2D eigenvalue weighted by Crippen LogP contribution is -2.13. The fourth-order valence-electron chi connectivity index (χ4n) is 2.71. The van der Waals surface area contributed by atoms with Gasteiger partial charge in [-0.3, -0.25) is 0 Å². The summed E-state index contributed by atoms with van der Waals surface area (Å²) in [5.74, 6) is 1.05. The largest absolute Gasteiger partial charge is 0.492 e. The minimum absolute atomic E-state index is 0.785. The Morgan fingerprint density at radius 1 is 1.17 bits per heavy atom. The molecule has 2 heterocycles. The number of fused-ring (bicyclic) bond motifs is 1. The Balaban J connectivity index is 1.94. The molecule has 0 saturated carbocycles. The minimum Gasteiger partial charge on any atom is -0.492 e. The normalized spacial score (nSPS) is 21.5. The summed E-state index contributed by atoms with van der Waals surface area (Å²) in [6.45, 7) is 2.99. The summed E-state index contributed by atoms with van der Waals surface area (Å²) in [6.07, 6.45) is 6.78. The Kier molecular flexibility index (Phi) is 3.57. The van der Waals surface area contributed by atoms with Gasteiger partial charge < -0.3 is 10.1 Å². The lowest BCUT2D eigenvalue weighted by atomic mass is 10.0. The van der Waals surface area contributed by atoms with Gasteiger partial charge in [0, 0.05) is 17.0 Å². The molecule has 0 atom stereocenters. The molecule has 0 bridgehead atoms. The Morgan fingerprint density at radius 2 is 2.11 bits per heavy atom. The van der Waals surface area contributed by atoms with Crippen molar-refractivity contribution in [2.45, 2.75) is 25.7 Å². The maximum Gasteiger partial charge on any atom is 0.129 e. The fourth-order valence-corrected chi connectivity index (χ4v) is 2.96. The van der Waals surface area contributed by atoms with Gasteiger partial charge in [-0.25, -0.2) is 0 Å². The van der Waals surface area contributed by atoms with Crippen LogP contribution in [-0.4, -0.2) is 19.7 Å². The van der Waals surface area contributed by atoms with Gasteiger partial charge in [0.2, 0.25) is 0 Å². The van der Waals surface area contributed by atoms with Crippen molar-refractivity contribution in [3.8, 4) is 5.75 Å². The average molecular weight is 264 g/mol. The molecular formula is C15H18ClNO. The third-order valence-electron chi connectivity index (χ3n) is 3.61. The third kappa shape index (κ3) is 2.55. The summed E-state index contributed by atoms with van der Waals surface area (Å²) in [7, 11) is 0. The van der Waals surface area contributed by atoms with Crippen LogP contribution in [0.1, 0.15) is 30.4 Å². The van der Waals surface area contributed by atoms with Crippen molar-refractivity contribution in [2.75, 3.05) is 19.7 Å². The minimum atomic E-state index is 0.785. The molecule has 1 aromatic carbocycles. The molecule has 1 N–H and O–H groups in total. The molecule has 1 saturated heterocycles. The van der Waals surface area contributed by atoms with Crippen LogP contribution >= 0.6 is 11.6 Å². The second kappa shape index (κ2) is 5.33. The monoisotopic (exact) mass is 263 g/mol. The third-order valence-corrected chi connectivity index (χ3v) is 3.83.